The van der Waals surface area contributed by atoms with E-state index in [1.807, 2.05) is 19.0 Å². The summed E-state index contributed by atoms with van der Waals surface area (Å²) in [7, 11) is 3.82. The number of piperidine rings is 1. The van der Waals surface area contributed by atoms with E-state index < -0.39 is 0 Å². The molecule has 1 aliphatic rings. The first-order valence-electron chi connectivity index (χ1n) is 8.79. The summed E-state index contributed by atoms with van der Waals surface area (Å²) in [6, 6.07) is 10.7. The van der Waals surface area contributed by atoms with E-state index in [4.69, 9.17) is 0 Å². The Morgan fingerprint density at radius 2 is 1.84 bits per heavy atom. The molecule has 1 unspecified atom stereocenters. The molecule has 6 heteroatoms. The van der Waals surface area contributed by atoms with E-state index in [2.05, 4.69) is 47.5 Å². The van der Waals surface area contributed by atoms with Crippen LogP contribution < -0.4 is 5.32 Å². The minimum absolute atomic E-state index is 0. The number of likely N-dealkylation sites (tertiary alicyclic amines) is 1. The van der Waals surface area contributed by atoms with Crippen molar-refractivity contribution < 1.29 is 4.79 Å². The third-order valence-corrected chi connectivity index (χ3v) is 4.99. The Balaban J connectivity index is 0.00000288. The van der Waals surface area contributed by atoms with Crippen molar-refractivity contribution in [2.45, 2.75) is 32.2 Å². The number of carbonyl (C=O) groups is 1. The molecule has 0 spiro atoms. The molecule has 0 radical (unpaired) electrons. The number of nitrogens with one attached hydrogen (secondary N) is 1. The van der Waals surface area contributed by atoms with Gasteiger partial charge < -0.3 is 10.2 Å². The number of rotatable bonds is 7. The predicted octanol–water partition coefficient (Wildman–Crippen LogP) is 2.85. The van der Waals surface area contributed by atoms with Crippen molar-refractivity contribution in [1.82, 2.24) is 15.1 Å². The van der Waals surface area contributed by atoms with Gasteiger partial charge in [0.2, 0.25) is 5.91 Å². The van der Waals surface area contributed by atoms with E-state index in [1.165, 1.54) is 24.8 Å². The number of hydrogen-bond acceptors (Lipinski definition) is 3. The lowest BCUT2D eigenvalue weighted by Gasteiger charge is -2.36. The van der Waals surface area contributed by atoms with E-state index in [0.29, 0.717) is 0 Å². The minimum Gasteiger partial charge on any atom is -0.343 e. The molecule has 144 valence electrons. The Labute approximate surface area is 165 Å². The summed E-state index contributed by atoms with van der Waals surface area (Å²) in [6.45, 7) is 5.72. The van der Waals surface area contributed by atoms with Gasteiger partial charge in [0.1, 0.15) is 0 Å². The molecule has 1 fully saturated rings. The third-order valence-electron chi connectivity index (χ3n) is 4.99. The van der Waals surface area contributed by atoms with Crippen molar-refractivity contribution in [3.63, 3.8) is 0 Å². The quantitative estimate of drug-likeness (QED) is 0.778. The highest BCUT2D eigenvalue weighted by Gasteiger charge is 2.28. The van der Waals surface area contributed by atoms with Crippen LogP contribution in [0.5, 0.6) is 0 Å². The number of hydrogen-bond donors (Lipinski definition) is 1. The smallest absolute Gasteiger partial charge is 0.239 e. The van der Waals surface area contributed by atoms with Crippen molar-refractivity contribution in [3.8, 4) is 0 Å². The average Bonchev–Trinajstić information content (AvgIpc) is 2.60. The molecule has 4 nitrogen and oxygen atoms in total. The fraction of sp³-hybridized carbons (Fsp3) is 0.632. The highest BCUT2D eigenvalue weighted by Crippen LogP contribution is 2.23. The SMILES string of the molecule is CNCCN(C)C(=O)C(C)N1CCC(Cc2ccccc2)CC1.Cl.Cl. The maximum atomic E-state index is 12.5. The van der Waals surface area contributed by atoms with Crippen molar-refractivity contribution in [3.05, 3.63) is 35.9 Å². The Morgan fingerprint density at radius 1 is 1.24 bits per heavy atom. The number of halogens is 2. The van der Waals surface area contributed by atoms with Crippen LogP contribution in [0.25, 0.3) is 0 Å². The summed E-state index contributed by atoms with van der Waals surface area (Å²) < 4.78 is 0. The van der Waals surface area contributed by atoms with E-state index in [9.17, 15) is 4.79 Å². The van der Waals surface area contributed by atoms with Gasteiger partial charge in [0.25, 0.3) is 0 Å². The molecule has 25 heavy (non-hydrogen) atoms. The van der Waals surface area contributed by atoms with Crippen LogP contribution in [0.15, 0.2) is 30.3 Å². The maximum absolute atomic E-state index is 12.5. The molecule has 0 aliphatic carbocycles. The van der Waals surface area contributed by atoms with Crippen molar-refractivity contribution in [2.75, 3.05) is 40.3 Å². The lowest BCUT2D eigenvalue weighted by Crippen LogP contribution is -2.49. The van der Waals surface area contributed by atoms with Gasteiger partial charge in [-0.25, -0.2) is 0 Å². The van der Waals surface area contributed by atoms with E-state index >= 15 is 0 Å². The Morgan fingerprint density at radius 3 is 2.40 bits per heavy atom. The highest BCUT2D eigenvalue weighted by atomic mass is 35.5. The summed E-state index contributed by atoms with van der Waals surface area (Å²) in [4.78, 5) is 16.7. The average molecular weight is 390 g/mol. The zero-order chi connectivity index (χ0) is 16.7. The van der Waals surface area contributed by atoms with Crippen LogP contribution in [0.3, 0.4) is 0 Å². The van der Waals surface area contributed by atoms with Gasteiger partial charge in [-0.2, -0.15) is 0 Å². The number of benzene rings is 1. The Kier molecular flexibility index (Phi) is 12.1. The van der Waals surface area contributed by atoms with Crippen LogP contribution in [0.1, 0.15) is 25.3 Å². The van der Waals surface area contributed by atoms with Gasteiger partial charge in [-0.05, 0) is 57.8 Å². The summed E-state index contributed by atoms with van der Waals surface area (Å²) >= 11 is 0. The van der Waals surface area contributed by atoms with E-state index in [-0.39, 0.29) is 36.8 Å². The van der Waals surface area contributed by atoms with Gasteiger partial charge in [-0.15, -0.1) is 24.8 Å². The van der Waals surface area contributed by atoms with Crippen molar-refractivity contribution in [2.24, 2.45) is 5.92 Å². The molecule has 1 atom stereocenters. The molecule has 1 aromatic carbocycles. The van der Waals surface area contributed by atoms with Crippen LogP contribution in [0, 0.1) is 5.92 Å². The molecule has 2 rings (SSSR count). The summed E-state index contributed by atoms with van der Waals surface area (Å²) in [5, 5.41) is 3.09. The Bertz CT molecular complexity index is 479. The molecule has 1 N–H and O–H groups in total. The van der Waals surface area contributed by atoms with Crippen LogP contribution >= 0.6 is 24.8 Å². The molecular formula is C19H33Cl2N3O. The standard InChI is InChI=1S/C19H31N3O.2ClH/c1-16(19(23)21(3)14-11-20-2)22-12-9-18(10-13-22)15-17-7-5-4-6-8-17;;/h4-8,16,18,20H,9-15H2,1-3H3;2*1H. The first kappa shape index (κ1) is 24.2. The van der Waals surface area contributed by atoms with Gasteiger partial charge in [0.15, 0.2) is 0 Å². The number of likely N-dealkylation sites (N-methyl/N-ethyl adjacent to an activating group) is 2. The number of amides is 1. The van der Waals surface area contributed by atoms with Crippen LogP contribution in [-0.2, 0) is 11.2 Å². The summed E-state index contributed by atoms with van der Waals surface area (Å²) in [5.74, 6) is 0.986. The molecule has 1 aromatic rings. The molecule has 1 saturated heterocycles. The molecule has 0 saturated carbocycles. The fourth-order valence-electron chi connectivity index (χ4n) is 3.36. The highest BCUT2D eigenvalue weighted by molar-refractivity contribution is 5.85. The van der Waals surface area contributed by atoms with Gasteiger partial charge in [-0.1, -0.05) is 30.3 Å². The summed E-state index contributed by atoms with van der Waals surface area (Å²) in [6.07, 6.45) is 3.54. The lowest BCUT2D eigenvalue weighted by molar-refractivity contribution is -0.135. The van der Waals surface area contributed by atoms with Crippen molar-refractivity contribution in [1.29, 1.82) is 0 Å². The molecule has 1 aliphatic heterocycles. The Hall–Kier alpha value is -0.810. The van der Waals surface area contributed by atoms with Gasteiger partial charge in [0, 0.05) is 20.1 Å². The second-order valence-electron chi connectivity index (χ2n) is 6.71. The van der Waals surface area contributed by atoms with Gasteiger partial charge in [-0.3, -0.25) is 9.69 Å². The van der Waals surface area contributed by atoms with E-state index in [0.717, 1.165) is 32.1 Å². The fourth-order valence-corrected chi connectivity index (χ4v) is 3.36. The zero-order valence-corrected chi connectivity index (χ0v) is 17.2. The van der Waals surface area contributed by atoms with Crippen LogP contribution in [0.2, 0.25) is 0 Å². The predicted molar refractivity (Wildman–Crippen MR) is 110 cm³/mol. The second-order valence-corrected chi connectivity index (χ2v) is 6.71. The summed E-state index contributed by atoms with van der Waals surface area (Å²) in [5.41, 5.74) is 1.43. The topological polar surface area (TPSA) is 35.6 Å². The van der Waals surface area contributed by atoms with Crippen LogP contribution in [0.4, 0.5) is 0 Å². The first-order valence-corrected chi connectivity index (χ1v) is 8.79. The molecule has 1 heterocycles. The molecule has 0 aromatic heterocycles. The van der Waals surface area contributed by atoms with Crippen LogP contribution in [-0.4, -0.2) is 62.0 Å². The maximum Gasteiger partial charge on any atom is 0.239 e. The van der Waals surface area contributed by atoms with Crippen molar-refractivity contribution >= 4 is 30.7 Å². The normalized spacial score (nSPS) is 16.4. The minimum atomic E-state index is -0.00506. The first-order chi connectivity index (χ1) is 11.1. The second kappa shape index (κ2) is 12.5. The van der Waals surface area contributed by atoms with E-state index in [1.54, 1.807) is 0 Å². The molecule has 1 amide bonds. The third kappa shape index (κ3) is 7.53. The van der Waals surface area contributed by atoms with Gasteiger partial charge >= 0.3 is 0 Å². The molecular weight excluding hydrogens is 357 g/mol. The monoisotopic (exact) mass is 389 g/mol. The number of carbonyl (C=O) groups excluding carboxylic acids is 1. The molecule has 0 bridgehead atoms. The lowest BCUT2D eigenvalue weighted by atomic mass is 9.89. The van der Waals surface area contributed by atoms with Gasteiger partial charge in [0.05, 0.1) is 6.04 Å². The zero-order valence-electron chi connectivity index (χ0n) is 15.6. The largest absolute Gasteiger partial charge is 0.343 e. The number of nitrogens with zero attached hydrogens (tertiary/aromatic N) is 2.